The van der Waals surface area contributed by atoms with Crippen molar-refractivity contribution in [1.29, 1.82) is 0 Å². The highest BCUT2D eigenvalue weighted by atomic mass is 16.5. The third-order valence-corrected chi connectivity index (χ3v) is 10.6. The van der Waals surface area contributed by atoms with Crippen molar-refractivity contribution in [2.24, 2.45) is 22.2 Å². The monoisotopic (exact) mass is 413 g/mol. The Bertz CT molecular complexity index is 936. The molecule has 2 aliphatic heterocycles. The van der Waals surface area contributed by atoms with Crippen LogP contribution in [0.25, 0.3) is 0 Å². The van der Waals surface area contributed by atoms with Crippen LogP contribution in [-0.4, -0.2) is 46.2 Å². The quantitative estimate of drug-likeness (QED) is 0.599. The average molecular weight is 414 g/mol. The zero-order valence-corrected chi connectivity index (χ0v) is 18.6. The van der Waals surface area contributed by atoms with E-state index in [1.165, 1.54) is 11.1 Å². The van der Waals surface area contributed by atoms with Crippen molar-refractivity contribution in [2.75, 3.05) is 13.2 Å². The number of phenols is 1. The largest absolute Gasteiger partial charge is 0.504 e. The van der Waals surface area contributed by atoms with Gasteiger partial charge >= 0.3 is 0 Å². The number of benzene rings is 1. The molecule has 0 aromatic heterocycles. The fourth-order valence-corrected chi connectivity index (χ4v) is 8.69. The first-order valence-corrected chi connectivity index (χ1v) is 11.6. The van der Waals surface area contributed by atoms with Crippen LogP contribution in [0.1, 0.15) is 64.5 Å². The molecule has 30 heavy (non-hydrogen) atoms. The molecule has 2 unspecified atom stereocenters. The van der Waals surface area contributed by atoms with Gasteiger partial charge < -0.3 is 25.4 Å². The van der Waals surface area contributed by atoms with Crippen molar-refractivity contribution in [3.05, 3.63) is 23.3 Å². The van der Waals surface area contributed by atoms with Gasteiger partial charge in [-0.1, -0.05) is 26.8 Å². The number of nitrogens with one attached hydrogen (secondary N) is 1. The van der Waals surface area contributed by atoms with Crippen LogP contribution >= 0.6 is 0 Å². The van der Waals surface area contributed by atoms with E-state index < -0.39 is 11.0 Å². The summed E-state index contributed by atoms with van der Waals surface area (Å²) >= 11 is 0. The molecule has 5 nitrogen and oxygen atoms in total. The number of hydrogen-bond acceptors (Lipinski definition) is 5. The van der Waals surface area contributed by atoms with Crippen LogP contribution in [0.2, 0.25) is 0 Å². The topological polar surface area (TPSA) is 82.0 Å². The van der Waals surface area contributed by atoms with Gasteiger partial charge in [0.05, 0.1) is 12.2 Å². The number of ether oxygens (including phenoxy) is 1. The van der Waals surface area contributed by atoms with Gasteiger partial charge in [-0.15, -0.1) is 0 Å². The molecule has 2 heterocycles. The van der Waals surface area contributed by atoms with Crippen molar-refractivity contribution in [3.8, 4) is 11.5 Å². The third-order valence-electron chi connectivity index (χ3n) is 10.6. The minimum absolute atomic E-state index is 0.00850. The SMILES string of the molecule is CC(C)(C)C(C)(O)[C@H]1C[C@@]23CCC1(CO)[C@@H]1Oc4c(O)ccc5c4[C@@]12CCN[C@@H]3C5. The van der Waals surface area contributed by atoms with E-state index in [1.54, 1.807) is 6.07 Å². The highest BCUT2D eigenvalue weighted by molar-refractivity contribution is 5.63. The summed E-state index contributed by atoms with van der Waals surface area (Å²) in [7, 11) is 0. The molecule has 0 radical (unpaired) electrons. The fraction of sp³-hybridized carbons (Fsp3) is 0.760. The second-order valence-electron chi connectivity index (χ2n) is 12.1. The van der Waals surface area contributed by atoms with Crippen LogP contribution in [0.15, 0.2) is 12.1 Å². The van der Waals surface area contributed by atoms with Crippen molar-refractivity contribution in [1.82, 2.24) is 5.32 Å². The molecule has 4 N–H and O–H groups in total. The zero-order chi connectivity index (χ0) is 21.3. The first-order valence-electron chi connectivity index (χ1n) is 11.6. The standard InChI is InChI=1S/C25H35NO4/c1-21(2,3)22(4,29)16-12-24-8-7-23(16,13-27)20-25(24)9-10-26-17(24)11-14-5-6-15(28)19(30-20)18(14)25/h5-6,16-17,20,26-29H,7-13H2,1-4H3/t16-,17-,20+,22?,23?,24-,25+/m1/s1. The Kier molecular flexibility index (Phi) is 3.46. The maximum absolute atomic E-state index is 11.9. The Morgan fingerprint density at radius 1 is 1.17 bits per heavy atom. The lowest BCUT2D eigenvalue weighted by Gasteiger charge is -2.74. The summed E-state index contributed by atoms with van der Waals surface area (Å²) in [6, 6.07) is 4.19. The molecular weight excluding hydrogens is 378 g/mol. The van der Waals surface area contributed by atoms with Crippen LogP contribution < -0.4 is 10.1 Å². The second kappa shape index (κ2) is 5.36. The lowest BCUT2D eigenvalue weighted by molar-refractivity contribution is -0.277. The molecule has 3 saturated carbocycles. The van der Waals surface area contributed by atoms with Crippen LogP contribution in [0, 0.1) is 22.2 Å². The van der Waals surface area contributed by atoms with Crippen molar-refractivity contribution < 1.29 is 20.1 Å². The lowest BCUT2D eigenvalue weighted by atomic mass is 9.31. The highest BCUT2D eigenvalue weighted by Crippen LogP contribution is 2.78. The number of aliphatic hydroxyl groups is 2. The average Bonchev–Trinajstić information content (AvgIpc) is 3.05. The van der Waals surface area contributed by atoms with Gasteiger partial charge in [0.15, 0.2) is 11.5 Å². The Balaban J connectivity index is 1.65. The van der Waals surface area contributed by atoms with Crippen LogP contribution in [-0.2, 0) is 11.8 Å². The van der Waals surface area contributed by atoms with E-state index in [0.29, 0.717) is 11.8 Å². The molecule has 164 valence electrons. The minimum Gasteiger partial charge on any atom is -0.504 e. The molecule has 1 aromatic rings. The van der Waals surface area contributed by atoms with Crippen molar-refractivity contribution >= 4 is 0 Å². The maximum atomic E-state index is 11.9. The molecule has 4 bridgehead atoms. The van der Waals surface area contributed by atoms with E-state index in [4.69, 9.17) is 4.74 Å². The fourth-order valence-electron chi connectivity index (χ4n) is 8.69. The van der Waals surface area contributed by atoms with Crippen LogP contribution in [0.5, 0.6) is 11.5 Å². The summed E-state index contributed by atoms with van der Waals surface area (Å²) in [5.41, 5.74) is 0.524. The molecule has 4 aliphatic carbocycles. The number of aliphatic hydroxyl groups excluding tert-OH is 1. The summed E-state index contributed by atoms with van der Waals surface area (Å²) in [4.78, 5) is 0. The molecule has 0 amide bonds. The van der Waals surface area contributed by atoms with Gasteiger partial charge in [-0.2, -0.15) is 0 Å². The van der Waals surface area contributed by atoms with Crippen LogP contribution in [0.4, 0.5) is 0 Å². The summed E-state index contributed by atoms with van der Waals surface area (Å²) in [5, 5.41) is 37.5. The minimum atomic E-state index is -0.945. The molecule has 7 rings (SSSR count). The number of hydrogen-bond donors (Lipinski definition) is 4. The number of phenolic OH excluding ortho intramolecular Hbond substituents is 1. The van der Waals surface area contributed by atoms with E-state index in [0.717, 1.165) is 38.6 Å². The Morgan fingerprint density at radius 3 is 2.63 bits per heavy atom. The Labute approximate surface area is 178 Å². The maximum Gasteiger partial charge on any atom is 0.165 e. The summed E-state index contributed by atoms with van der Waals surface area (Å²) < 4.78 is 6.72. The molecule has 1 saturated heterocycles. The van der Waals surface area contributed by atoms with E-state index in [2.05, 4.69) is 32.2 Å². The van der Waals surface area contributed by atoms with Gasteiger partial charge in [0, 0.05) is 22.4 Å². The zero-order valence-electron chi connectivity index (χ0n) is 18.6. The molecular formula is C25H35NO4. The van der Waals surface area contributed by atoms with E-state index in [-0.39, 0.29) is 40.6 Å². The molecule has 2 spiro atoms. The third kappa shape index (κ3) is 1.77. The normalized spacial score (nSPS) is 44.9. The number of fused-ring (bicyclic) bond motifs is 2. The van der Waals surface area contributed by atoms with Gasteiger partial charge in [-0.25, -0.2) is 0 Å². The van der Waals surface area contributed by atoms with Crippen LogP contribution in [0.3, 0.4) is 0 Å². The number of piperidine rings is 1. The van der Waals surface area contributed by atoms with Gasteiger partial charge in [0.1, 0.15) is 6.10 Å². The van der Waals surface area contributed by atoms with Crippen molar-refractivity contribution in [3.63, 3.8) is 0 Å². The summed E-state index contributed by atoms with van der Waals surface area (Å²) in [6.45, 7) is 9.21. The van der Waals surface area contributed by atoms with Gasteiger partial charge in [0.25, 0.3) is 0 Å². The molecule has 4 fully saturated rings. The van der Waals surface area contributed by atoms with E-state index in [9.17, 15) is 15.3 Å². The molecule has 1 aromatic carbocycles. The predicted octanol–water partition coefficient (Wildman–Crippen LogP) is 2.88. The lowest BCUT2D eigenvalue weighted by Crippen LogP contribution is -2.81. The first kappa shape index (κ1) is 19.4. The molecule has 5 heteroatoms. The second-order valence-corrected chi connectivity index (χ2v) is 12.1. The first-order chi connectivity index (χ1) is 14.1. The molecule has 7 atom stereocenters. The summed E-state index contributed by atoms with van der Waals surface area (Å²) in [6.07, 6.45) is 4.49. The van der Waals surface area contributed by atoms with Crippen molar-refractivity contribution in [2.45, 2.75) is 83.0 Å². The van der Waals surface area contributed by atoms with Gasteiger partial charge in [0.2, 0.25) is 0 Å². The summed E-state index contributed by atoms with van der Waals surface area (Å²) in [5.74, 6) is 0.802. The molecule has 6 aliphatic rings. The Hall–Kier alpha value is -1.30. The van der Waals surface area contributed by atoms with E-state index >= 15 is 0 Å². The smallest absolute Gasteiger partial charge is 0.165 e. The number of aromatic hydroxyl groups is 1. The number of rotatable bonds is 2. The van der Waals surface area contributed by atoms with Gasteiger partial charge in [-0.3, -0.25) is 0 Å². The van der Waals surface area contributed by atoms with Gasteiger partial charge in [-0.05, 0) is 74.0 Å². The predicted molar refractivity (Wildman–Crippen MR) is 114 cm³/mol. The Morgan fingerprint density at radius 2 is 1.93 bits per heavy atom. The van der Waals surface area contributed by atoms with E-state index in [1.807, 2.05) is 6.92 Å². The highest BCUT2D eigenvalue weighted by Gasteiger charge is 2.81.